The van der Waals surface area contributed by atoms with Gasteiger partial charge in [0.15, 0.2) is 5.75 Å². The molecule has 2 nitrogen and oxygen atoms in total. The molecule has 0 saturated carbocycles. The molecule has 0 aromatic heterocycles. The van der Waals surface area contributed by atoms with Gasteiger partial charge in [0.25, 0.3) is 0 Å². The standard InChI is InChI=1S/C12H17Cl2NO.ClH/c1-3-4-16-12-10(13)6-9(5-8(2)15)7-11(12)14;/h6-8H,3-5,15H2,1-2H3;1H. The van der Waals surface area contributed by atoms with Gasteiger partial charge in [-0.15, -0.1) is 12.4 Å². The molecular formula is C12H18Cl3NO. The lowest BCUT2D eigenvalue weighted by Gasteiger charge is -2.12. The second-order valence-electron chi connectivity index (χ2n) is 3.92. The van der Waals surface area contributed by atoms with Crippen molar-refractivity contribution in [1.29, 1.82) is 0 Å². The van der Waals surface area contributed by atoms with E-state index in [0.717, 1.165) is 18.4 Å². The largest absolute Gasteiger partial charge is 0.490 e. The predicted molar refractivity (Wildman–Crippen MR) is 76.8 cm³/mol. The predicted octanol–water partition coefficient (Wildman–Crippen LogP) is 4.09. The van der Waals surface area contributed by atoms with E-state index in [-0.39, 0.29) is 18.4 Å². The number of rotatable bonds is 5. The Labute approximate surface area is 119 Å². The zero-order valence-electron chi connectivity index (χ0n) is 10.0. The number of hydrogen-bond acceptors (Lipinski definition) is 2. The summed E-state index contributed by atoms with van der Waals surface area (Å²) >= 11 is 12.2. The van der Waals surface area contributed by atoms with Crippen LogP contribution < -0.4 is 10.5 Å². The van der Waals surface area contributed by atoms with E-state index in [1.165, 1.54) is 0 Å². The van der Waals surface area contributed by atoms with Crippen molar-refractivity contribution in [2.24, 2.45) is 5.73 Å². The molecule has 98 valence electrons. The third kappa shape index (κ3) is 5.35. The normalized spacial score (nSPS) is 11.8. The minimum atomic E-state index is 0. The van der Waals surface area contributed by atoms with Crippen LogP contribution in [0.15, 0.2) is 12.1 Å². The van der Waals surface area contributed by atoms with E-state index in [1.807, 2.05) is 26.0 Å². The summed E-state index contributed by atoms with van der Waals surface area (Å²) < 4.78 is 5.48. The van der Waals surface area contributed by atoms with Gasteiger partial charge in [-0.2, -0.15) is 0 Å². The minimum absolute atomic E-state index is 0. The van der Waals surface area contributed by atoms with E-state index in [0.29, 0.717) is 22.4 Å². The quantitative estimate of drug-likeness (QED) is 0.888. The zero-order valence-corrected chi connectivity index (χ0v) is 12.3. The molecule has 2 N–H and O–H groups in total. The van der Waals surface area contributed by atoms with E-state index in [4.69, 9.17) is 33.7 Å². The summed E-state index contributed by atoms with van der Waals surface area (Å²) in [5, 5.41) is 1.10. The molecule has 0 bridgehead atoms. The second-order valence-corrected chi connectivity index (χ2v) is 4.73. The molecule has 1 aromatic rings. The van der Waals surface area contributed by atoms with Gasteiger partial charge in [0.2, 0.25) is 0 Å². The Morgan fingerprint density at radius 2 is 1.82 bits per heavy atom. The Balaban J connectivity index is 0.00000256. The van der Waals surface area contributed by atoms with Crippen LogP contribution in [-0.4, -0.2) is 12.6 Å². The summed E-state index contributed by atoms with van der Waals surface area (Å²) in [4.78, 5) is 0. The maximum absolute atomic E-state index is 6.10. The number of halogens is 3. The summed E-state index contributed by atoms with van der Waals surface area (Å²) in [5.41, 5.74) is 6.76. The van der Waals surface area contributed by atoms with Gasteiger partial charge in [-0.1, -0.05) is 30.1 Å². The van der Waals surface area contributed by atoms with Crippen molar-refractivity contribution >= 4 is 35.6 Å². The number of nitrogens with two attached hydrogens (primary N) is 1. The highest BCUT2D eigenvalue weighted by atomic mass is 35.5. The van der Waals surface area contributed by atoms with Crippen LogP contribution in [0, 0.1) is 0 Å². The zero-order chi connectivity index (χ0) is 12.1. The van der Waals surface area contributed by atoms with Gasteiger partial charge in [-0.3, -0.25) is 0 Å². The molecule has 0 spiro atoms. The molecule has 1 aromatic carbocycles. The molecule has 0 saturated heterocycles. The molecule has 0 aliphatic carbocycles. The topological polar surface area (TPSA) is 35.2 Å². The monoisotopic (exact) mass is 297 g/mol. The van der Waals surface area contributed by atoms with Gasteiger partial charge < -0.3 is 10.5 Å². The Bertz CT molecular complexity index is 333. The smallest absolute Gasteiger partial charge is 0.156 e. The number of benzene rings is 1. The fraction of sp³-hybridized carbons (Fsp3) is 0.500. The van der Waals surface area contributed by atoms with Gasteiger partial charge in [-0.25, -0.2) is 0 Å². The van der Waals surface area contributed by atoms with E-state index < -0.39 is 0 Å². The summed E-state index contributed by atoms with van der Waals surface area (Å²) in [7, 11) is 0. The Kier molecular flexibility index (Phi) is 7.97. The van der Waals surface area contributed by atoms with Crippen LogP contribution in [0.4, 0.5) is 0 Å². The highest BCUT2D eigenvalue weighted by Gasteiger charge is 2.10. The fourth-order valence-corrected chi connectivity index (χ4v) is 2.09. The Morgan fingerprint density at radius 3 is 2.24 bits per heavy atom. The molecule has 17 heavy (non-hydrogen) atoms. The maximum atomic E-state index is 6.10. The lowest BCUT2D eigenvalue weighted by molar-refractivity contribution is 0.317. The van der Waals surface area contributed by atoms with E-state index in [1.54, 1.807) is 0 Å². The lowest BCUT2D eigenvalue weighted by Crippen LogP contribution is -2.17. The molecule has 0 aliphatic rings. The molecular weight excluding hydrogens is 280 g/mol. The van der Waals surface area contributed by atoms with E-state index in [9.17, 15) is 0 Å². The molecule has 0 fully saturated rings. The Morgan fingerprint density at radius 1 is 1.29 bits per heavy atom. The van der Waals surface area contributed by atoms with Gasteiger partial charge in [0.1, 0.15) is 0 Å². The van der Waals surface area contributed by atoms with Crippen molar-refractivity contribution in [1.82, 2.24) is 0 Å². The highest BCUT2D eigenvalue weighted by Crippen LogP contribution is 2.34. The van der Waals surface area contributed by atoms with Crippen LogP contribution in [-0.2, 0) is 6.42 Å². The molecule has 0 heterocycles. The average Bonchev–Trinajstić information content (AvgIpc) is 2.15. The summed E-state index contributed by atoms with van der Waals surface area (Å²) in [6, 6.07) is 3.82. The van der Waals surface area contributed by atoms with Crippen molar-refractivity contribution in [2.75, 3.05) is 6.61 Å². The van der Waals surface area contributed by atoms with Gasteiger partial charge >= 0.3 is 0 Å². The maximum Gasteiger partial charge on any atom is 0.156 e. The summed E-state index contributed by atoms with van der Waals surface area (Å²) in [6.07, 6.45) is 1.68. The van der Waals surface area contributed by atoms with Crippen LogP contribution in [0.25, 0.3) is 0 Å². The third-order valence-electron chi connectivity index (χ3n) is 2.07. The first-order chi connectivity index (χ1) is 7.54. The molecule has 1 unspecified atom stereocenters. The van der Waals surface area contributed by atoms with Gasteiger partial charge in [-0.05, 0) is 37.5 Å². The molecule has 0 radical (unpaired) electrons. The molecule has 0 aliphatic heterocycles. The average molecular weight is 299 g/mol. The minimum Gasteiger partial charge on any atom is -0.490 e. The molecule has 1 atom stereocenters. The highest BCUT2D eigenvalue weighted by molar-refractivity contribution is 6.37. The van der Waals surface area contributed by atoms with Crippen LogP contribution in [0.2, 0.25) is 10.0 Å². The second kappa shape index (κ2) is 8.04. The number of hydrogen-bond donors (Lipinski definition) is 1. The van der Waals surface area contributed by atoms with Crippen molar-refractivity contribution < 1.29 is 4.74 Å². The first-order valence-corrected chi connectivity index (χ1v) is 6.16. The van der Waals surface area contributed by atoms with Crippen molar-refractivity contribution in [3.63, 3.8) is 0 Å². The van der Waals surface area contributed by atoms with Gasteiger partial charge in [0, 0.05) is 6.04 Å². The van der Waals surface area contributed by atoms with Crippen molar-refractivity contribution in [2.45, 2.75) is 32.7 Å². The van der Waals surface area contributed by atoms with Gasteiger partial charge in [0.05, 0.1) is 16.7 Å². The number of ether oxygens (including phenoxy) is 1. The molecule has 5 heteroatoms. The van der Waals surface area contributed by atoms with Crippen LogP contribution >= 0.6 is 35.6 Å². The van der Waals surface area contributed by atoms with Crippen LogP contribution in [0.5, 0.6) is 5.75 Å². The van der Waals surface area contributed by atoms with Crippen molar-refractivity contribution in [3.05, 3.63) is 27.7 Å². The molecule has 0 amide bonds. The summed E-state index contributed by atoms with van der Waals surface area (Å²) in [5.74, 6) is 0.568. The lowest BCUT2D eigenvalue weighted by atomic mass is 10.1. The SMILES string of the molecule is CCCOc1c(Cl)cc(CC(C)N)cc1Cl.Cl. The van der Waals surface area contributed by atoms with E-state index in [2.05, 4.69) is 0 Å². The third-order valence-corrected chi connectivity index (χ3v) is 2.63. The molecule has 1 rings (SSSR count). The fourth-order valence-electron chi connectivity index (χ4n) is 1.44. The van der Waals surface area contributed by atoms with Crippen LogP contribution in [0.1, 0.15) is 25.8 Å². The Hall–Kier alpha value is -0.150. The first-order valence-electron chi connectivity index (χ1n) is 5.41. The van der Waals surface area contributed by atoms with E-state index >= 15 is 0 Å². The van der Waals surface area contributed by atoms with Crippen LogP contribution in [0.3, 0.4) is 0 Å². The first kappa shape index (κ1) is 16.9. The summed E-state index contributed by atoms with van der Waals surface area (Å²) in [6.45, 7) is 4.60. The van der Waals surface area contributed by atoms with Crippen molar-refractivity contribution in [3.8, 4) is 5.75 Å².